The maximum absolute atomic E-state index is 10.5. The van der Waals surface area contributed by atoms with Crippen LogP contribution in [-0.2, 0) is 5.41 Å². The highest BCUT2D eigenvalue weighted by molar-refractivity contribution is 5.36. The number of hydrogen-bond acceptors (Lipinski definition) is 2. The van der Waals surface area contributed by atoms with Gasteiger partial charge in [0.15, 0.2) is 0 Å². The highest BCUT2D eigenvalue weighted by Gasteiger charge is 2.15. The van der Waals surface area contributed by atoms with Crippen LogP contribution in [0.3, 0.4) is 0 Å². The molecule has 21 heavy (non-hydrogen) atoms. The summed E-state index contributed by atoms with van der Waals surface area (Å²) in [6.07, 6.45) is -0.602. The molecule has 0 saturated heterocycles. The Morgan fingerprint density at radius 2 is 1.38 bits per heavy atom. The van der Waals surface area contributed by atoms with Crippen molar-refractivity contribution in [1.82, 2.24) is 0 Å². The van der Waals surface area contributed by atoms with Gasteiger partial charge in [-0.15, -0.1) is 0 Å². The zero-order chi connectivity index (χ0) is 15.5. The fraction of sp³-hybridized carbons (Fsp3) is 0.368. The molecular formula is C19H24O2. The molecule has 0 aliphatic carbocycles. The third kappa shape index (κ3) is 3.85. The van der Waals surface area contributed by atoms with E-state index in [1.54, 1.807) is 0 Å². The fourth-order valence-corrected chi connectivity index (χ4v) is 2.27. The van der Waals surface area contributed by atoms with Gasteiger partial charge in [-0.25, -0.2) is 0 Å². The smallest absolute Gasteiger partial charge is 0.119 e. The van der Waals surface area contributed by atoms with Gasteiger partial charge >= 0.3 is 0 Å². The average molecular weight is 284 g/mol. The van der Waals surface area contributed by atoms with Crippen LogP contribution in [0.2, 0.25) is 0 Å². The van der Waals surface area contributed by atoms with E-state index in [2.05, 4.69) is 32.9 Å². The van der Waals surface area contributed by atoms with Crippen molar-refractivity contribution >= 4 is 0 Å². The minimum Gasteiger partial charge on any atom is -0.494 e. The van der Waals surface area contributed by atoms with Crippen LogP contribution in [0.25, 0.3) is 0 Å². The van der Waals surface area contributed by atoms with Crippen LogP contribution in [0.1, 0.15) is 50.5 Å². The summed E-state index contributed by atoms with van der Waals surface area (Å²) in [6.45, 7) is 9.16. The van der Waals surface area contributed by atoms with Crippen molar-refractivity contribution in [2.75, 3.05) is 6.61 Å². The summed E-state index contributed by atoms with van der Waals surface area (Å²) >= 11 is 0. The predicted octanol–water partition coefficient (Wildman–Crippen LogP) is 4.46. The van der Waals surface area contributed by atoms with Crippen LogP contribution < -0.4 is 4.74 Å². The average Bonchev–Trinajstić information content (AvgIpc) is 2.47. The molecule has 2 aromatic carbocycles. The number of aliphatic hydroxyl groups excluding tert-OH is 1. The van der Waals surface area contributed by atoms with Crippen molar-refractivity contribution in [3.8, 4) is 5.75 Å². The van der Waals surface area contributed by atoms with Gasteiger partial charge in [-0.3, -0.25) is 0 Å². The van der Waals surface area contributed by atoms with Crippen LogP contribution >= 0.6 is 0 Å². The predicted molar refractivity (Wildman–Crippen MR) is 86.8 cm³/mol. The van der Waals surface area contributed by atoms with Crippen molar-refractivity contribution < 1.29 is 9.84 Å². The van der Waals surface area contributed by atoms with Crippen LogP contribution in [0.4, 0.5) is 0 Å². The molecule has 1 unspecified atom stereocenters. The molecular weight excluding hydrogens is 260 g/mol. The zero-order valence-corrected chi connectivity index (χ0v) is 13.3. The molecule has 1 N–H and O–H groups in total. The topological polar surface area (TPSA) is 29.5 Å². The lowest BCUT2D eigenvalue weighted by molar-refractivity contribution is 0.220. The maximum Gasteiger partial charge on any atom is 0.119 e. The number of hydrogen-bond donors (Lipinski definition) is 1. The van der Waals surface area contributed by atoms with Gasteiger partial charge in [0.1, 0.15) is 11.9 Å². The summed E-state index contributed by atoms with van der Waals surface area (Å²) in [5.74, 6) is 0.830. The molecule has 0 heterocycles. The molecule has 0 aliphatic heterocycles. The van der Waals surface area contributed by atoms with Crippen molar-refractivity contribution in [3.05, 3.63) is 65.2 Å². The molecule has 0 saturated carbocycles. The number of rotatable bonds is 4. The Kier molecular flexibility index (Phi) is 4.69. The number of ether oxygens (including phenoxy) is 1. The highest BCUT2D eigenvalue weighted by Crippen LogP contribution is 2.27. The van der Waals surface area contributed by atoms with E-state index in [4.69, 9.17) is 4.74 Å². The lowest BCUT2D eigenvalue weighted by Gasteiger charge is -2.20. The van der Waals surface area contributed by atoms with Gasteiger partial charge in [-0.05, 0) is 41.2 Å². The van der Waals surface area contributed by atoms with Gasteiger partial charge in [-0.2, -0.15) is 0 Å². The minimum atomic E-state index is -0.602. The van der Waals surface area contributed by atoms with Crippen LogP contribution in [0.15, 0.2) is 48.5 Å². The monoisotopic (exact) mass is 284 g/mol. The molecule has 0 fully saturated rings. The highest BCUT2D eigenvalue weighted by atomic mass is 16.5. The summed E-state index contributed by atoms with van der Waals surface area (Å²) in [6, 6.07) is 15.8. The molecule has 2 heteroatoms. The second-order valence-corrected chi connectivity index (χ2v) is 6.28. The Morgan fingerprint density at radius 1 is 0.905 bits per heavy atom. The molecule has 0 aromatic heterocycles. The van der Waals surface area contributed by atoms with Crippen molar-refractivity contribution in [1.29, 1.82) is 0 Å². The van der Waals surface area contributed by atoms with Gasteiger partial charge in [0, 0.05) is 0 Å². The molecule has 0 radical (unpaired) electrons. The molecule has 112 valence electrons. The summed E-state index contributed by atoms with van der Waals surface area (Å²) in [5.41, 5.74) is 3.18. The molecule has 1 atom stereocenters. The standard InChI is InChI=1S/C19H24O2/c1-5-21-17-12-8-15(9-13-17)18(20)14-6-10-16(11-7-14)19(2,3)4/h6-13,18,20H,5H2,1-4H3. The van der Waals surface area contributed by atoms with E-state index in [0.29, 0.717) is 6.61 Å². The lowest BCUT2D eigenvalue weighted by atomic mass is 9.86. The third-order valence-corrected chi connectivity index (χ3v) is 3.60. The Labute approximate surface area is 127 Å². The van der Waals surface area contributed by atoms with E-state index in [9.17, 15) is 5.11 Å². The SMILES string of the molecule is CCOc1ccc(C(O)c2ccc(C(C)(C)C)cc2)cc1. The quantitative estimate of drug-likeness (QED) is 0.898. The Morgan fingerprint density at radius 3 is 1.81 bits per heavy atom. The largest absolute Gasteiger partial charge is 0.494 e. The van der Waals surface area contributed by atoms with Crippen LogP contribution in [-0.4, -0.2) is 11.7 Å². The van der Waals surface area contributed by atoms with E-state index >= 15 is 0 Å². The molecule has 2 aromatic rings. The van der Waals surface area contributed by atoms with Crippen LogP contribution in [0, 0.1) is 0 Å². The third-order valence-electron chi connectivity index (χ3n) is 3.60. The Balaban J connectivity index is 2.17. The first-order valence-corrected chi connectivity index (χ1v) is 7.43. The minimum absolute atomic E-state index is 0.128. The summed E-state index contributed by atoms with van der Waals surface area (Å²) in [4.78, 5) is 0. The summed E-state index contributed by atoms with van der Waals surface area (Å²) < 4.78 is 5.42. The lowest BCUT2D eigenvalue weighted by Crippen LogP contribution is -2.11. The number of aliphatic hydroxyl groups is 1. The van der Waals surface area contributed by atoms with Gasteiger partial charge < -0.3 is 9.84 Å². The van der Waals surface area contributed by atoms with Gasteiger partial charge in [0.05, 0.1) is 6.61 Å². The normalized spacial score (nSPS) is 13.0. The van der Waals surface area contributed by atoms with E-state index in [-0.39, 0.29) is 5.41 Å². The fourth-order valence-electron chi connectivity index (χ4n) is 2.27. The van der Waals surface area contributed by atoms with E-state index in [0.717, 1.165) is 16.9 Å². The second kappa shape index (κ2) is 6.31. The molecule has 0 spiro atoms. The second-order valence-electron chi connectivity index (χ2n) is 6.28. The Bertz CT molecular complexity index is 562. The molecule has 2 rings (SSSR count). The first-order chi connectivity index (χ1) is 9.91. The maximum atomic E-state index is 10.5. The zero-order valence-electron chi connectivity index (χ0n) is 13.3. The first kappa shape index (κ1) is 15.6. The molecule has 0 aliphatic rings. The summed E-state index contributed by atoms with van der Waals surface area (Å²) in [5, 5.41) is 10.5. The van der Waals surface area contributed by atoms with Gasteiger partial charge in [0.2, 0.25) is 0 Å². The van der Waals surface area contributed by atoms with Gasteiger partial charge in [-0.1, -0.05) is 57.2 Å². The Hall–Kier alpha value is -1.80. The van der Waals surface area contributed by atoms with E-state index < -0.39 is 6.10 Å². The molecule has 2 nitrogen and oxygen atoms in total. The summed E-state index contributed by atoms with van der Waals surface area (Å²) in [7, 11) is 0. The van der Waals surface area contributed by atoms with Gasteiger partial charge in [0.25, 0.3) is 0 Å². The molecule has 0 bridgehead atoms. The first-order valence-electron chi connectivity index (χ1n) is 7.43. The van der Waals surface area contributed by atoms with Crippen molar-refractivity contribution in [2.24, 2.45) is 0 Å². The van der Waals surface area contributed by atoms with Crippen molar-refractivity contribution in [2.45, 2.75) is 39.2 Å². The van der Waals surface area contributed by atoms with E-state index in [1.807, 2.05) is 43.3 Å². The van der Waals surface area contributed by atoms with E-state index in [1.165, 1.54) is 5.56 Å². The molecule has 0 amide bonds. The van der Waals surface area contributed by atoms with Crippen molar-refractivity contribution in [3.63, 3.8) is 0 Å². The number of benzene rings is 2. The van der Waals surface area contributed by atoms with Crippen LogP contribution in [0.5, 0.6) is 5.75 Å².